The van der Waals surface area contributed by atoms with Crippen LogP contribution in [0.5, 0.6) is 5.75 Å². The fourth-order valence-electron chi connectivity index (χ4n) is 1.47. The molecule has 0 N–H and O–H groups in total. The van der Waals surface area contributed by atoms with Crippen LogP contribution in [0.15, 0.2) is 59.5 Å². The van der Waals surface area contributed by atoms with Crippen LogP contribution in [0.3, 0.4) is 0 Å². The summed E-state index contributed by atoms with van der Waals surface area (Å²) in [7, 11) is 1.59. The van der Waals surface area contributed by atoms with Gasteiger partial charge in [-0.2, -0.15) is 0 Å². The van der Waals surface area contributed by atoms with Gasteiger partial charge >= 0.3 is 0 Å². The maximum atomic E-state index is 11.2. The largest absolute Gasteiger partial charge is 0.489 e. The standard InChI is InChI=1S/C13H11ClO3S/c14-18(15,16)13-8-4-5-11(9-13)10-17-12-6-2-1-3-7-12/h1-9H,10H2. The Morgan fingerprint density at radius 3 is 2.39 bits per heavy atom. The quantitative estimate of drug-likeness (QED) is 0.809. The SMILES string of the molecule is O=S(=O)(Cl)c1cccc(COc2ccccc2)c1. The number of hydrogen-bond donors (Lipinski definition) is 0. The van der Waals surface area contributed by atoms with Crippen LogP contribution in [0.4, 0.5) is 0 Å². The van der Waals surface area contributed by atoms with Gasteiger partial charge in [0.25, 0.3) is 9.05 Å². The first-order chi connectivity index (χ1) is 8.55. The molecule has 0 aliphatic carbocycles. The lowest BCUT2D eigenvalue weighted by atomic mass is 10.2. The van der Waals surface area contributed by atoms with E-state index in [0.717, 1.165) is 11.3 Å². The second kappa shape index (κ2) is 5.42. The van der Waals surface area contributed by atoms with Gasteiger partial charge < -0.3 is 4.74 Å². The first-order valence-corrected chi connectivity index (χ1v) is 7.58. The van der Waals surface area contributed by atoms with Gasteiger partial charge in [-0.25, -0.2) is 8.42 Å². The first kappa shape index (κ1) is 12.9. The van der Waals surface area contributed by atoms with Crippen molar-refractivity contribution in [2.75, 3.05) is 0 Å². The molecule has 0 spiro atoms. The van der Waals surface area contributed by atoms with Gasteiger partial charge in [-0.1, -0.05) is 30.3 Å². The molecule has 18 heavy (non-hydrogen) atoms. The highest BCUT2D eigenvalue weighted by molar-refractivity contribution is 8.13. The Morgan fingerprint density at radius 2 is 1.72 bits per heavy atom. The van der Waals surface area contributed by atoms with Crippen molar-refractivity contribution in [3.05, 3.63) is 60.2 Å². The smallest absolute Gasteiger partial charge is 0.261 e. The first-order valence-electron chi connectivity index (χ1n) is 5.27. The Bertz CT molecular complexity index is 624. The monoisotopic (exact) mass is 282 g/mol. The Hall–Kier alpha value is -1.52. The summed E-state index contributed by atoms with van der Waals surface area (Å²) in [5, 5.41) is 0. The predicted molar refractivity (Wildman–Crippen MR) is 70.3 cm³/mol. The number of para-hydroxylation sites is 1. The molecule has 0 saturated carbocycles. The summed E-state index contributed by atoms with van der Waals surface area (Å²) in [4.78, 5) is 0.0818. The summed E-state index contributed by atoms with van der Waals surface area (Å²) in [5.41, 5.74) is 0.751. The van der Waals surface area contributed by atoms with E-state index < -0.39 is 9.05 Å². The number of rotatable bonds is 4. The summed E-state index contributed by atoms with van der Waals surface area (Å²) in [6.07, 6.45) is 0. The Morgan fingerprint density at radius 1 is 1.00 bits per heavy atom. The molecule has 94 valence electrons. The average molecular weight is 283 g/mol. The molecule has 0 atom stereocenters. The van der Waals surface area contributed by atoms with Gasteiger partial charge in [-0.05, 0) is 29.8 Å². The van der Waals surface area contributed by atoms with Gasteiger partial charge in [-0.3, -0.25) is 0 Å². The topological polar surface area (TPSA) is 43.4 Å². The zero-order valence-electron chi connectivity index (χ0n) is 9.41. The van der Waals surface area contributed by atoms with E-state index in [-0.39, 0.29) is 4.90 Å². The van der Waals surface area contributed by atoms with Crippen molar-refractivity contribution in [2.45, 2.75) is 11.5 Å². The summed E-state index contributed by atoms with van der Waals surface area (Å²) < 4.78 is 27.9. The van der Waals surface area contributed by atoms with Gasteiger partial charge in [0.15, 0.2) is 0 Å². The van der Waals surface area contributed by atoms with E-state index in [4.69, 9.17) is 15.4 Å². The van der Waals surface area contributed by atoms with Crippen molar-refractivity contribution in [3.63, 3.8) is 0 Å². The van der Waals surface area contributed by atoms with Crippen molar-refractivity contribution in [2.24, 2.45) is 0 Å². The van der Waals surface area contributed by atoms with E-state index in [1.54, 1.807) is 12.1 Å². The minimum Gasteiger partial charge on any atom is -0.489 e. The highest BCUT2D eigenvalue weighted by Gasteiger charge is 2.09. The molecular formula is C13H11ClO3S. The van der Waals surface area contributed by atoms with Gasteiger partial charge in [-0.15, -0.1) is 0 Å². The lowest BCUT2D eigenvalue weighted by molar-refractivity contribution is 0.306. The fourth-order valence-corrected chi connectivity index (χ4v) is 2.29. The second-order valence-corrected chi connectivity index (χ2v) is 6.25. The molecule has 0 radical (unpaired) electrons. The van der Waals surface area contributed by atoms with Crippen LogP contribution in [-0.4, -0.2) is 8.42 Å². The average Bonchev–Trinajstić information content (AvgIpc) is 2.37. The summed E-state index contributed by atoms with van der Waals surface area (Å²) in [5.74, 6) is 0.733. The third-order valence-corrected chi connectivity index (χ3v) is 3.68. The number of halogens is 1. The number of hydrogen-bond acceptors (Lipinski definition) is 3. The second-order valence-electron chi connectivity index (χ2n) is 3.69. The molecule has 2 aromatic rings. The van der Waals surface area contributed by atoms with E-state index in [2.05, 4.69) is 0 Å². The van der Waals surface area contributed by atoms with E-state index in [9.17, 15) is 8.42 Å². The fraction of sp³-hybridized carbons (Fsp3) is 0.0769. The van der Waals surface area contributed by atoms with Crippen molar-refractivity contribution in [1.29, 1.82) is 0 Å². The molecular weight excluding hydrogens is 272 g/mol. The molecule has 0 amide bonds. The summed E-state index contributed by atoms with van der Waals surface area (Å²) in [6.45, 7) is 0.296. The zero-order chi connectivity index (χ0) is 13.0. The van der Waals surface area contributed by atoms with E-state index in [1.165, 1.54) is 12.1 Å². The molecule has 0 aromatic heterocycles. The van der Waals surface area contributed by atoms with E-state index in [0.29, 0.717) is 6.61 Å². The highest BCUT2D eigenvalue weighted by atomic mass is 35.7. The van der Waals surface area contributed by atoms with Crippen LogP contribution < -0.4 is 4.74 Å². The van der Waals surface area contributed by atoms with Crippen LogP contribution in [-0.2, 0) is 15.7 Å². The molecule has 5 heteroatoms. The highest BCUT2D eigenvalue weighted by Crippen LogP contribution is 2.17. The molecule has 0 saturated heterocycles. The molecule has 2 aromatic carbocycles. The molecule has 3 nitrogen and oxygen atoms in total. The molecule has 0 bridgehead atoms. The maximum absolute atomic E-state index is 11.2. The van der Waals surface area contributed by atoms with Crippen LogP contribution in [0.1, 0.15) is 5.56 Å². The lowest BCUT2D eigenvalue weighted by Gasteiger charge is -2.06. The lowest BCUT2D eigenvalue weighted by Crippen LogP contribution is -1.97. The number of benzene rings is 2. The number of ether oxygens (including phenoxy) is 1. The molecule has 0 aliphatic rings. The van der Waals surface area contributed by atoms with Gasteiger partial charge in [0.2, 0.25) is 0 Å². The van der Waals surface area contributed by atoms with Gasteiger partial charge in [0.05, 0.1) is 4.90 Å². The van der Waals surface area contributed by atoms with Crippen LogP contribution in [0.2, 0.25) is 0 Å². The normalized spacial score (nSPS) is 11.2. The predicted octanol–water partition coefficient (Wildman–Crippen LogP) is 3.19. The van der Waals surface area contributed by atoms with Gasteiger partial charge in [0, 0.05) is 10.7 Å². The van der Waals surface area contributed by atoms with Crippen LogP contribution in [0, 0.1) is 0 Å². The van der Waals surface area contributed by atoms with Crippen LogP contribution in [0.25, 0.3) is 0 Å². The Kier molecular flexibility index (Phi) is 3.89. The van der Waals surface area contributed by atoms with Crippen molar-refractivity contribution in [1.82, 2.24) is 0 Å². The van der Waals surface area contributed by atoms with Crippen molar-refractivity contribution < 1.29 is 13.2 Å². The minimum atomic E-state index is -3.69. The van der Waals surface area contributed by atoms with Crippen LogP contribution >= 0.6 is 10.7 Å². The third kappa shape index (κ3) is 3.48. The molecule has 0 fully saturated rings. The van der Waals surface area contributed by atoms with E-state index >= 15 is 0 Å². The zero-order valence-corrected chi connectivity index (χ0v) is 11.0. The summed E-state index contributed by atoms with van der Waals surface area (Å²) in [6, 6.07) is 15.7. The minimum absolute atomic E-state index is 0.0818. The van der Waals surface area contributed by atoms with Crippen molar-refractivity contribution >= 4 is 19.7 Å². The Labute approximate surface area is 110 Å². The molecule has 0 aliphatic heterocycles. The van der Waals surface area contributed by atoms with E-state index in [1.807, 2.05) is 30.3 Å². The maximum Gasteiger partial charge on any atom is 0.261 e. The van der Waals surface area contributed by atoms with Gasteiger partial charge in [0.1, 0.15) is 12.4 Å². The van der Waals surface area contributed by atoms with Crippen molar-refractivity contribution in [3.8, 4) is 5.75 Å². The summed E-state index contributed by atoms with van der Waals surface area (Å²) >= 11 is 0. The molecule has 0 heterocycles. The molecule has 0 unspecified atom stereocenters. The Balaban J connectivity index is 2.11. The molecule has 2 rings (SSSR count). The third-order valence-electron chi connectivity index (χ3n) is 2.33.